The summed E-state index contributed by atoms with van der Waals surface area (Å²) in [6.45, 7) is -1.48. The minimum atomic E-state index is -4.38. The molecule has 2 aromatic rings. The zero-order valence-corrected chi connectivity index (χ0v) is 15.8. The van der Waals surface area contributed by atoms with Gasteiger partial charge in [-0.25, -0.2) is 0 Å². The molecular formula is C20H20F3NO6. The van der Waals surface area contributed by atoms with Gasteiger partial charge in [-0.05, 0) is 29.8 Å². The van der Waals surface area contributed by atoms with Crippen LogP contribution in [0.4, 0.5) is 13.2 Å². The van der Waals surface area contributed by atoms with Crippen molar-refractivity contribution in [2.45, 2.75) is 18.9 Å². The van der Waals surface area contributed by atoms with Crippen LogP contribution in [-0.4, -0.2) is 49.8 Å². The van der Waals surface area contributed by atoms with Crippen LogP contribution < -0.4 is 19.5 Å². The van der Waals surface area contributed by atoms with Gasteiger partial charge in [0.15, 0.2) is 11.5 Å². The molecule has 2 N–H and O–H groups in total. The number of rotatable bonds is 9. The van der Waals surface area contributed by atoms with E-state index in [4.69, 9.17) is 14.2 Å². The van der Waals surface area contributed by atoms with Gasteiger partial charge in [0.25, 0.3) is 5.91 Å². The largest absolute Gasteiger partial charge is 0.491 e. The van der Waals surface area contributed by atoms with Crippen molar-refractivity contribution in [1.82, 2.24) is 5.32 Å². The molecule has 1 unspecified atom stereocenters. The van der Waals surface area contributed by atoms with E-state index in [9.17, 15) is 23.1 Å². The number of alkyl halides is 3. The number of ether oxygens (including phenoxy) is 4. The Morgan fingerprint density at radius 1 is 1.13 bits per heavy atom. The van der Waals surface area contributed by atoms with Crippen LogP contribution in [0.25, 0.3) is 0 Å². The number of aliphatic hydroxyl groups excluding tert-OH is 1. The minimum absolute atomic E-state index is 0.0418. The van der Waals surface area contributed by atoms with Gasteiger partial charge in [-0.2, -0.15) is 13.2 Å². The molecule has 3 rings (SSSR count). The SMILES string of the molecule is O=C(NCC(O)COc1ccc2c(c1)OCO2)c1ccc(COCC(F)(F)F)cc1. The molecule has 162 valence electrons. The molecule has 0 aliphatic carbocycles. The summed E-state index contributed by atoms with van der Waals surface area (Å²) in [6.07, 6.45) is -5.33. The first-order valence-electron chi connectivity index (χ1n) is 9.02. The summed E-state index contributed by atoms with van der Waals surface area (Å²) in [6, 6.07) is 11.0. The Hall–Kier alpha value is -2.98. The van der Waals surface area contributed by atoms with Crippen LogP contribution in [0.15, 0.2) is 42.5 Å². The van der Waals surface area contributed by atoms with Gasteiger partial charge in [-0.15, -0.1) is 0 Å². The number of amides is 1. The first kappa shape index (κ1) is 21.7. The lowest BCUT2D eigenvalue weighted by molar-refractivity contribution is -0.176. The predicted molar refractivity (Wildman–Crippen MR) is 98.6 cm³/mol. The second-order valence-corrected chi connectivity index (χ2v) is 6.49. The predicted octanol–water partition coefficient (Wildman–Crippen LogP) is 2.66. The van der Waals surface area contributed by atoms with Crippen molar-refractivity contribution in [3.05, 3.63) is 53.6 Å². The Balaban J connectivity index is 1.39. The van der Waals surface area contributed by atoms with E-state index < -0.39 is 24.8 Å². The fourth-order valence-electron chi connectivity index (χ4n) is 2.57. The number of halogens is 3. The monoisotopic (exact) mass is 427 g/mol. The second kappa shape index (κ2) is 9.68. The van der Waals surface area contributed by atoms with Crippen molar-refractivity contribution in [3.8, 4) is 17.2 Å². The number of hydrogen-bond acceptors (Lipinski definition) is 6. The van der Waals surface area contributed by atoms with Crippen molar-refractivity contribution in [3.63, 3.8) is 0 Å². The molecule has 0 aromatic heterocycles. The normalized spacial score (nSPS) is 13.7. The zero-order valence-electron chi connectivity index (χ0n) is 15.8. The number of nitrogens with one attached hydrogen (secondary N) is 1. The second-order valence-electron chi connectivity index (χ2n) is 6.49. The lowest BCUT2D eigenvalue weighted by atomic mass is 10.1. The maximum absolute atomic E-state index is 12.1. The fraction of sp³-hybridized carbons (Fsp3) is 0.350. The molecule has 0 fully saturated rings. The molecule has 0 saturated carbocycles. The number of fused-ring (bicyclic) bond motifs is 1. The van der Waals surface area contributed by atoms with Gasteiger partial charge in [-0.1, -0.05) is 12.1 Å². The average molecular weight is 427 g/mol. The van der Waals surface area contributed by atoms with Gasteiger partial charge >= 0.3 is 6.18 Å². The lowest BCUT2D eigenvalue weighted by Crippen LogP contribution is -2.35. The van der Waals surface area contributed by atoms with Crippen LogP contribution in [-0.2, 0) is 11.3 Å². The number of aliphatic hydroxyl groups is 1. The molecule has 2 aromatic carbocycles. The van der Waals surface area contributed by atoms with E-state index in [2.05, 4.69) is 10.1 Å². The number of carbonyl (C=O) groups excluding carboxylic acids is 1. The molecule has 1 aliphatic heterocycles. The molecule has 7 nitrogen and oxygen atoms in total. The van der Waals surface area contributed by atoms with E-state index >= 15 is 0 Å². The van der Waals surface area contributed by atoms with Crippen LogP contribution in [0.2, 0.25) is 0 Å². The van der Waals surface area contributed by atoms with Crippen molar-refractivity contribution >= 4 is 5.91 Å². The van der Waals surface area contributed by atoms with E-state index in [1.807, 2.05) is 0 Å². The van der Waals surface area contributed by atoms with Gasteiger partial charge < -0.3 is 29.4 Å². The van der Waals surface area contributed by atoms with Gasteiger partial charge in [0.05, 0.1) is 6.61 Å². The molecule has 1 amide bonds. The standard InChI is InChI=1S/C20H20F3NO6/c21-20(22,23)11-27-9-13-1-3-14(4-2-13)19(26)24-8-15(25)10-28-16-5-6-17-18(7-16)30-12-29-17/h1-7,15,25H,8-12H2,(H,24,26). The molecule has 0 bridgehead atoms. The first-order valence-corrected chi connectivity index (χ1v) is 9.02. The summed E-state index contributed by atoms with van der Waals surface area (Å²) in [5.74, 6) is 1.24. The van der Waals surface area contributed by atoms with E-state index in [1.165, 1.54) is 24.3 Å². The number of carbonyl (C=O) groups is 1. The van der Waals surface area contributed by atoms with E-state index in [0.717, 1.165) is 0 Å². The highest BCUT2D eigenvalue weighted by atomic mass is 19.4. The van der Waals surface area contributed by atoms with E-state index in [1.54, 1.807) is 18.2 Å². The molecule has 1 atom stereocenters. The van der Waals surface area contributed by atoms with E-state index in [0.29, 0.717) is 28.4 Å². The Kier molecular flexibility index (Phi) is 7.01. The summed E-state index contributed by atoms with van der Waals surface area (Å²) in [5.41, 5.74) is 0.812. The van der Waals surface area contributed by atoms with Gasteiger partial charge in [0.1, 0.15) is 25.1 Å². The maximum atomic E-state index is 12.1. The van der Waals surface area contributed by atoms with Crippen LogP contribution in [0.3, 0.4) is 0 Å². The van der Waals surface area contributed by atoms with Crippen LogP contribution in [0.1, 0.15) is 15.9 Å². The molecular weight excluding hydrogens is 407 g/mol. The quantitative estimate of drug-likeness (QED) is 0.640. The molecule has 10 heteroatoms. The maximum Gasteiger partial charge on any atom is 0.411 e. The smallest absolute Gasteiger partial charge is 0.411 e. The van der Waals surface area contributed by atoms with Gasteiger partial charge in [0.2, 0.25) is 6.79 Å². The molecule has 30 heavy (non-hydrogen) atoms. The fourth-order valence-corrected chi connectivity index (χ4v) is 2.57. The summed E-state index contributed by atoms with van der Waals surface area (Å²) in [7, 11) is 0. The third-order valence-electron chi connectivity index (χ3n) is 4.04. The van der Waals surface area contributed by atoms with Crippen molar-refractivity contribution in [1.29, 1.82) is 0 Å². The average Bonchev–Trinajstić information content (AvgIpc) is 3.18. The van der Waals surface area contributed by atoms with Crippen molar-refractivity contribution in [2.24, 2.45) is 0 Å². The summed E-state index contributed by atoms with van der Waals surface area (Å²) in [4.78, 5) is 12.1. The number of benzene rings is 2. The van der Waals surface area contributed by atoms with Gasteiger partial charge in [0, 0.05) is 18.2 Å². The highest BCUT2D eigenvalue weighted by Crippen LogP contribution is 2.35. The Bertz CT molecular complexity index is 857. The lowest BCUT2D eigenvalue weighted by Gasteiger charge is -2.14. The van der Waals surface area contributed by atoms with Crippen LogP contribution in [0.5, 0.6) is 17.2 Å². The minimum Gasteiger partial charge on any atom is -0.491 e. The van der Waals surface area contributed by atoms with Crippen LogP contribution in [0, 0.1) is 0 Å². The number of hydrogen-bond donors (Lipinski definition) is 2. The summed E-state index contributed by atoms with van der Waals surface area (Å²) >= 11 is 0. The van der Waals surface area contributed by atoms with Gasteiger partial charge in [-0.3, -0.25) is 4.79 Å². The molecule has 1 heterocycles. The molecule has 1 aliphatic rings. The zero-order chi connectivity index (χ0) is 21.6. The first-order chi connectivity index (χ1) is 14.3. The Morgan fingerprint density at radius 2 is 1.87 bits per heavy atom. The summed E-state index contributed by atoms with van der Waals surface area (Å²) < 4.78 is 56.7. The highest BCUT2D eigenvalue weighted by molar-refractivity contribution is 5.94. The topological polar surface area (TPSA) is 86.3 Å². The van der Waals surface area contributed by atoms with Crippen molar-refractivity contribution in [2.75, 3.05) is 26.6 Å². The molecule has 0 radical (unpaired) electrons. The molecule has 0 saturated heterocycles. The van der Waals surface area contributed by atoms with E-state index in [-0.39, 0.29) is 26.6 Å². The van der Waals surface area contributed by atoms with Crippen molar-refractivity contribution < 1.29 is 42.0 Å². The highest BCUT2D eigenvalue weighted by Gasteiger charge is 2.27. The Morgan fingerprint density at radius 3 is 2.60 bits per heavy atom. The van der Waals surface area contributed by atoms with Crippen LogP contribution >= 0.6 is 0 Å². The third kappa shape index (κ3) is 6.53. The Labute approximate surface area is 170 Å². The molecule has 0 spiro atoms. The summed E-state index contributed by atoms with van der Waals surface area (Å²) in [5, 5.41) is 12.6. The third-order valence-corrected chi connectivity index (χ3v) is 4.04.